The van der Waals surface area contributed by atoms with Gasteiger partial charge in [-0.3, -0.25) is 4.79 Å². The average molecular weight is 397 g/mol. The van der Waals surface area contributed by atoms with E-state index in [0.717, 1.165) is 43.2 Å². The maximum atomic E-state index is 13.0. The van der Waals surface area contributed by atoms with Crippen LogP contribution in [0.3, 0.4) is 0 Å². The molecule has 1 saturated heterocycles. The van der Waals surface area contributed by atoms with E-state index in [1.165, 1.54) is 19.3 Å². The molecule has 1 aromatic carbocycles. The predicted octanol–water partition coefficient (Wildman–Crippen LogP) is 3.67. The minimum Gasteiger partial charge on any atom is -0.497 e. The third-order valence-electron chi connectivity index (χ3n) is 6.63. The smallest absolute Gasteiger partial charge is 0.222 e. The summed E-state index contributed by atoms with van der Waals surface area (Å²) >= 11 is 0. The van der Waals surface area contributed by atoms with E-state index < -0.39 is 0 Å². The molecule has 1 atom stereocenters. The van der Waals surface area contributed by atoms with Crippen molar-refractivity contribution in [2.24, 2.45) is 11.3 Å². The molecule has 4 rings (SSSR count). The zero-order valence-electron chi connectivity index (χ0n) is 17.8. The van der Waals surface area contributed by atoms with E-state index in [1.807, 2.05) is 24.5 Å². The van der Waals surface area contributed by atoms with Gasteiger partial charge in [0.1, 0.15) is 17.9 Å². The zero-order valence-corrected chi connectivity index (χ0v) is 17.8. The molecular formula is C23H32N4O2. The Balaban J connectivity index is 1.44. The third kappa shape index (κ3) is 4.02. The number of benzene rings is 1. The van der Waals surface area contributed by atoms with Crippen LogP contribution in [0.4, 0.5) is 0 Å². The van der Waals surface area contributed by atoms with E-state index >= 15 is 0 Å². The average Bonchev–Trinajstić information content (AvgIpc) is 3.29. The van der Waals surface area contributed by atoms with Crippen LogP contribution >= 0.6 is 0 Å². The van der Waals surface area contributed by atoms with E-state index in [9.17, 15) is 4.79 Å². The van der Waals surface area contributed by atoms with Gasteiger partial charge in [-0.2, -0.15) is 0 Å². The highest BCUT2D eigenvalue weighted by molar-refractivity contribution is 5.77. The number of ether oxygens (including phenoxy) is 1. The van der Waals surface area contributed by atoms with E-state index in [0.29, 0.717) is 18.3 Å². The summed E-state index contributed by atoms with van der Waals surface area (Å²) in [5.74, 6) is 3.01. The fourth-order valence-corrected chi connectivity index (χ4v) is 4.96. The summed E-state index contributed by atoms with van der Waals surface area (Å²) in [4.78, 5) is 15.1. The van der Waals surface area contributed by atoms with Crippen LogP contribution in [-0.4, -0.2) is 45.8 Å². The van der Waals surface area contributed by atoms with Crippen molar-refractivity contribution in [3.63, 3.8) is 0 Å². The molecule has 1 amide bonds. The molecular weight excluding hydrogens is 364 g/mol. The second-order valence-electron chi connectivity index (χ2n) is 9.13. The molecule has 0 bridgehead atoms. The highest BCUT2D eigenvalue weighted by Gasteiger charge is 2.53. The molecule has 2 fully saturated rings. The first-order chi connectivity index (χ1) is 14.0. The lowest BCUT2D eigenvalue weighted by molar-refractivity contribution is -0.130. The first-order valence-corrected chi connectivity index (χ1v) is 10.8. The van der Waals surface area contributed by atoms with Crippen molar-refractivity contribution in [2.45, 2.75) is 58.4 Å². The Bertz CT molecular complexity index is 856. The lowest BCUT2D eigenvalue weighted by Gasteiger charge is -2.42. The van der Waals surface area contributed by atoms with Gasteiger partial charge in [0.2, 0.25) is 5.91 Å². The van der Waals surface area contributed by atoms with Crippen LogP contribution in [-0.2, 0) is 17.8 Å². The number of carbonyl (C=O) groups excluding carboxylic acids is 1. The first-order valence-electron chi connectivity index (χ1n) is 10.8. The fraction of sp³-hybridized carbons (Fsp3) is 0.609. The van der Waals surface area contributed by atoms with Crippen molar-refractivity contribution < 1.29 is 9.53 Å². The Morgan fingerprint density at radius 1 is 1.34 bits per heavy atom. The van der Waals surface area contributed by atoms with Gasteiger partial charge in [0.15, 0.2) is 0 Å². The summed E-state index contributed by atoms with van der Waals surface area (Å²) in [6, 6.07) is 7.99. The number of amides is 1. The van der Waals surface area contributed by atoms with Gasteiger partial charge in [0.25, 0.3) is 0 Å². The van der Waals surface area contributed by atoms with Crippen molar-refractivity contribution in [3.05, 3.63) is 42.0 Å². The molecule has 6 heteroatoms. The number of likely N-dealkylation sites (tertiary alicyclic amines) is 1. The Labute approximate surface area is 173 Å². The SMILES string of the molecule is COc1cccc(CCC(=O)N2CC(c3nncn3CC(C)C)C3(CCC3)C2)c1. The second kappa shape index (κ2) is 8.17. The van der Waals surface area contributed by atoms with Crippen LogP contribution in [0, 0.1) is 11.3 Å². The van der Waals surface area contributed by atoms with Crippen LogP contribution in [0.25, 0.3) is 0 Å². The lowest BCUT2D eigenvalue weighted by atomic mass is 9.62. The van der Waals surface area contributed by atoms with Crippen molar-refractivity contribution in [1.29, 1.82) is 0 Å². The van der Waals surface area contributed by atoms with Crippen LogP contribution in [0.2, 0.25) is 0 Å². The number of hydrogen-bond donors (Lipinski definition) is 0. The van der Waals surface area contributed by atoms with Crippen molar-refractivity contribution in [1.82, 2.24) is 19.7 Å². The molecule has 6 nitrogen and oxygen atoms in total. The van der Waals surface area contributed by atoms with Gasteiger partial charge in [-0.25, -0.2) is 0 Å². The van der Waals surface area contributed by atoms with Crippen LogP contribution in [0.1, 0.15) is 56.8 Å². The number of carbonyl (C=O) groups is 1. The summed E-state index contributed by atoms with van der Waals surface area (Å²) in [6.07, 6.45) is 6.76. The molecule has 2 heterocycles. The summed E-state index contributed by atoms with van der Waals surface area (Å²) < 4.78 is 7.50. The molecule has 1 aliphatic heterocycles. The van der Waals surface area contributed by atoms with Gasteiger partial charge in [-0.15, -0.1) is 10.2 Å². The standard InChI is InChI=1S/C23H32N4O2/c1-17(2)13-27-16-24-25-22(27)20-14-26(15-23(20)10-5-11-23)21(28)9-8-18-6-4-7-19(12-18)29-3/h4,6-7,12,16-17,20H,5,8-11,13-15H2,1-3H3. The zero-order chi connectivity index (χ0) is 20.4. The molecule has 2 aliphatic rings. The largest absolute Gasteiger partial charge is 0.497 e. The molecule has 1 saturated carbocycles. The summed E-state index contributed by atoms with van der Waals surface area (Å²) in [5.41, 5.74) is 1.34. The fourth-order valence-electron chi connectivity index (χ4n) is 4.96. The number of rotatable bonds is 7. The van der Waals surface area contributed by atoms with E-state index in [1.54, 1.807) is 7.11 Å². The van der Waals surface area contributed by atoms with Crippen molar-refractivity contribution in [2.75, 3.05) is 20.2 Å². The van der Waals surface area contributed by atoms with Gasteiger partial charge in [0, 0.05) is 32.0 Å². The summed E-state index contributed by atoms with van der Waals surface area (Å²) in [6.45, 7) is 6.99. The van der Waals surface area contributed by atoms with Gasteiger partial charge in [-0.05, 0) is 48.3 Å². The number of aryl methyl sites for hydroxylation is 1. The molecule has 1 unspecified atom stereocenters. The Morgan fingerprint density at radius 2 is 2.17 bits per heavy atom. The number of methoxy groups -OCH3 is 1. The number of nitrogens with zero attached hydrogens (tertiary/aromatic N) is 4. The topological polar surface area (TPSA) is 60.2 Å². The maximum absolute atomic E-state index is 13.0. The van der Waals surface area contributed by atoms with E-state index in [2.05, 4.69) is 39.6 Å². The monoisotopic (exact) mass is 396 g/mol. The molecule has 0 radical (unpaired) electrons. The highest BCUT2D eigenvalue weighted by atomic mass is 16.5. The van der Waals surface area contributed by atoms with Gasteiger partial charge >= 0.3 is 0 Å². The Hall–Kier alpha value is -2.37. The van der Waals surface area contributed by atoms with Crippen molar-refractivity contribution in [3.8, 4) is 5.75 Å². The number of hydrogen-bond acceptors (Lipinski definition) is 4. The van der Waals surface area contributed by atoms with Crippen LogP contribution < -0.4 is 4.74 Å². The van der Waals surface area contributed by atoms with Gasteiger partial charge in [-0.1, -0.05) is 32.4 Å². The van der Waals surface area contributed by atoms with Crippen LogP contribution in [0.15, 0.2) is 30.6 Å². The number of aromatic nitrogens is 3. The molecule has 29 heavy (non-hydrogen) atoms. The Kier molecular flexibility index (Phi) is 5.61. The van der Waals surface area contributed by atoms with Crippen LogP contribution in [0.5, 0.6) is 5.75 Å². The minimum absolute atomic E-state index is 0.202. The molecule has 1 aliphatic carbocycles. The summed E-state index contributed by atoms with van der Waals surface area (Å²) in [5, 5.41) is 8.70. The molecule has 1 spiro atoms. The van der Waals surface area contributed by atoms with E-state index in [4.69, 9.17) is 4.74 Å². The lowest BCUT2D eigenvalue weighted by Crippen LogP contribution is -2.38. The quantitative estimate of drug-likeness (QED) is 0.716. The highest BCUT2D eigenvalue weighted by Crippen LogP contribution is 2.55. The summed E-state index contributed by atoms with van der Waals surface area (Å²) in [7, 11) is 1.67. The third-order valence-corrected chi connectivity index (χ3v) is 6.63. The van der Waals surface area contributed by atoms with Gasteiger partial charge < -0.3 is 14.2 Å². The molecule has 0 N–H and O–H groups in total. The van der Waals surface area contributed by atoms with Crippen molar-refractivity contribution >= 4 is 5.91 Å². The predicted molar refractivity (Wildman–Crippen MR) is 112 cm³/mol. The minimum atomic E-state index is 0.202. The second-order valence-corrected chi connectivity index (χ2v) is 9.13. The normalized spacial score (nSPS) is 20.3. The maximum Gasteiger partial charge on any atom is 0.222 e. The first kappa shape index (κ1) is 19.9. The molecule has 156 valence electrons. The molecule has 1 aromatic heterocycles. The Morgan fingerprint density at radius 3 is 2.86 bits per heavy atom. The molecule has 2 aromatic rings. The van der Waals surface area contributed by atoms with E-state index in [-0.39, 0.29) is 11.3 Å². The van der Waals surface area contributed by atoms with Gasteiger partial charge in [0.05, 0.1) is 7.11 Å².